The van der Waals surface area contributed by atoms with Gasteiger partial charge in [-0.15, -0.1) is 11.6 Å². The minimum absolute atomic E-state index is 0. The average molecular weight is 1260 g/mol. The molecule has 0 spiro atoms. The molecule has 0 radical (unpaired) electrons. The fraction of sp³-hybridized carbons (Fsp3) is 0.196. The molecular formula is C56H58ClN7O21S2. The summed E-state index contributed by atoms with van der Waals surface area (Å²) in [7, 11) is 0. The van der Waals surface area contributed by atoms with E-state index < -0.39 is 67.1 Å². The number of rotatable bonds is 12. The lowest BCUT2D eigenvalue weighted by molar-refractivity contribution is -0.126. The van der Waals surface area contributed by atoms with Crippen LogP contribution in [0.25, 0.3) is 10.4 Å². The normalized spacial score (nSPS) is 10.6. The molecule has 9 rings (SSSR count). The average Bonchev–Trinajstić information content (AvgIpc) is 4.11. The third-order valence-corrected chi connectivity index (χ3v) is 11.8. The number of thioether (sulfide) groups is 1. The highest BCUT2D eigenvalue weighted by Crippen LogP contribution is 2.19. The van der Waals surface area contributed by atoms with Gasteiger partial charge in [-0.1, -0.05) is 97.2 Å². The Morgan fingerprint density at radius 2 is 0.943 bits per heavy atom. The molecule has 2 amide bonds. The number of nitrogens with two attached hydrogens (primary N) is 2. The van der Waals surface area contributed by atoms with Gasteiger partial charge in [0.2, 0.25) is 44.4 Å². The van der Waals surface area contributed by atoms with Crippen LogP contribution in [0.15, 0.2) is 195 Å². The number of amides is 2. The summed E-state index contributed by atoms with van der Waals surface area (Å²) in [6.07, 6.45) is 6.40. The quantitative estimate of drug-likeness (QED) is 0.0233. The van der Waals surface area contributed by atoms with Crippen LogP contribution in [-0.4, -0.2) is 69.1 Å². The Bertz CT molecular complexity index is 3650. The lowest BCUT2D eigenvalue weighted by Crippen LogP contribution is -2.31. The van der Waals surface area contributed by atoms with Gasteiger partial charge in [-0.25, -0.2) is 0 Å². The van der Waals surface area contributed by atoms with Crippen LogP contribution < -0.4 is 49.4 Å². The first-order valence-electron chi connectivity index (χ1n) is 24.3. The highest BCUT2D eigenvalue weighted by molar-refractivity contribution is 8.23. The van der Waals surface area contributed by atoms with E-state index in [2.05, 4.69) is 19.8 Å². The number of nitrogens with one attached hydrogen (secondary N) is 1. The van der Waals surface area contributed by atoms with E-state index in [9.17, 15) is 38.4 Å². The van der Waals surface area contributed by atoms with Gasteiger partial charge in [-0.05, 0) is 16.7 Å². The molecule has 1 aliphatic rings. The molecule has 1 fully saturated rings. The van der Waals surface area contributed by atoms with Gasteiger partial charge in [-0.3, -0.25) is 43.3 Å². The Morgan fingerprint density at radius 3 is 1.32 bits per heavy atom. The summed E-state index contributed by atoms with van der Waals surface area (Å²) in [5, 5.41) is 66.8. The molecule has 8 aromatic rings. The van der Waals surface area contributed by atoms with E-state index in [0.29, 0.717) is 29.5 Å². The Labute approximate surface area is 506 Å². The van der Waals surface area contributed by atoms with E-state index in [1.165, 1.54) is 0 Å². The number of aliphatic hydroxyl groups is 1. The Morgan fingerprint density at radius 1 is 0.586 bits per heavy atom. The lowest BCUT2D eigenvalue weighted by Gasteiger charge is -2.14. The van der Waals surface area contributed by atoms with Crippen molar-refractivity contribution in [3.63, 3.8) is 0 Å². The zero-order valence-electron chi connectivity index (χ0n) is 44.8. The molecule has 1 saturated heterocycles. The zero-order chi connectivity index (χ0) is 63.6. The van der Waals surface area contributed by atoms with Crippen molar-refractivity contribution in [2.75, 3.05) is 12.3 Å². The predicted octanol–water partition coefficient (Wildman–Crippen LogP) is 5.62. The number of halogens is 1. The number of carbonyl (C=O) groups excluding carboxylic acids is 2. The number of thiocarbonyl (C=S) groups is 1. The van der Waals surface area contributed by atoms with E-state index >= 15 is 0 Å². The molecule has 1 aliphatic heterocycles. The van der Waals surface area contributed by atoms with E-state index in [4.69, 9.17) is 98.6 Å². The molecule has 0 bridgehead atoms. The summed E-state index contributed by atoms with van der Waals surface area (Å²) >= 11 is 12.0. The maximum atomic E-state index is 11.9. The Kier molecular flexibility index (Phi) is 33.0. The minimum Gasteiger partial charge on any atom is -0.502 e. The second-order valence-corrected chi connectivity index (χ2v) is 18.4. The predicted molar refractivity (Wildman–Crippen MR) is 320 cm³/mol. The monoisotopic (exact) mass is 1260 g/mol. The van der Waals surface area contributed by atoms with Gasteiger partial charge in [-0.2, -0.15) is 0 Å². The van der Waals surface area contributed by atoms with Crippen molar-refractivity contribution in [1.82, 2.24) is 10.2 Å². The van der Waals surface area contributed by atoms with E-state index in [0.717, 1.165) is 102 Å². The standard InChI is InChI=1S/C14H13NO4.C11H11NOS2.C6H5ClO3.C6H5N3O3.2C6H7NO3.C6H6O4.CH4/c16-12-7-11(19-9-13(12)17)8-15-14(18)6-10-4-2-1-3-5-10;13-10(12-6-7-15-11(12)14)8-9-4-2-1-3-5-9;7-2-4-1-5(8)6(9)3-10-4;7-9-8-2-4-1-5(10)6(11)3-12-4;3*7-2-4-1-5(8)6(9)3-10-4;/h1-5,7,9,17H,6,8H2,(H,15,18);1-5H,6-8H2;1,3,9H,2H2;1,3,11H,2H2;2*1,3,9H,2,7H2;1,3,7,9H,2H2;1H4. The Balaban J connectivity index is 0.000000351. The highest BCUT2D eigenvalue weighted by Gasteiger charge is 2.23. The molecular weight excluding hydrogens is 1210 g/mol. The van der Waals surface area contributed by atoms with Crippen LogP contribution in [-0.2, 0) is 61.1 Å². The molecule has 87 heavy (non-hydrogen) atoms. The molecule has 31 heteroatoms. The summed E-state index contributed by atoms with van der Waals surface area (Å²) in [5.41, 5.74) is 17.2. The smallest absolute Gasteiger partial charge is 0.232 e. The molecule has 12 N–H and O–H groups in total. The number of carbonyl (C=O) groups is 2. The highest BCUT2D eigenvalue weighted by atomic mass is 35.5. The molecule has 7 heterocycles. The van der Waals surface area contributed by atoms with E-state index in [1.807, 2.05) is 60.7 Å². The number of benzene rings is 2. The van der Waals surface area contributed by atoms with Crippen LogP contribution >= 0.6 is 35.6 Å². The third kappa shape index (κ3) is 27.4. The topological polar surface area (TPSA) is 473 Å². The summed E-state index contributed by atoms with van der Waals surface area (Å²) in [6, 6.07) is 25.8. The van der Waals surface area contributed by atoms with Crippen molar-refractivity contribution in [2.24, 2.45) is 16.6 Å². The van der Waals surface area contributed by atoms with Gasteiger partial charge in [0, 0.05) is 53.6 Å². The van der Waals surface area contributed by atoms with Gasteiger partial charge in [0.05, 0.1) is 44.9 Å². The van der Waals surface area contributed by atoms with Crippen molar-refractivity contribution in [1.29, 1.82) is 0 Å². The summed E-state index contributed by atoms with van der Waals surface area (Å²) in [5.74, 6) is 0.213. The lowest BCUT2D eigenvalue weighted by atomic mass is 10.1. The van der Waals surface area contributed by atoms with Gasteiger partial charge < -0.3 is 79.0 Å². The number of aromatic hydroxyl groups is 6. The maximum absolute atomic E-state index is 11.9. The first kappa shape index (κ1) is 72.9. The minimum atomic E-state index is -0.551. The van der Waals surface area contributed by atoms with Crippen molar-refractivity contribution < 1.29 is 71.8 Å². The second kappa shape index (κ2) is 39.4. The van der Waals surface area contributed by atoms with E-state index in [-0.39, 0.29) is 75.8 Å². The van der Waals surface area contributed by atoms with Crippen LogP contribution in [0, 0.1) is 0 Å². The van der Waals surface area contributed by atoms with Gasteiger partial charge in [0.1, 0.15) is 83.1 Å². The van der Waals surface area contributed by atoms with Gasteiger partial charge >= 0.3 is 0 Å². The van der Waals surface area contributed by atoms with Gasteiger partial charge in [0.15, 0.2) is 34.5 Å². The number of alkyl halides is 1. The Hall–Kier alpha value is -10.2. The number of aliphatic hydroxyl groups excluding tert-OH is 1. The number of hydrogen-bond donors (Lipinski definition) is 10. The van der Waals surface area contributed by atoms with Crippen molar-refractivity contribution in [3.05, 3.63) is 252 Å². The van der Waals surface area contributed by atoms with E-state index in [1.54, 1.807) is 16.7 Å². The molecule has 0 unspecified atom stereocenters. The van der Waals surface area contributed by atoms with Crippen LogP contribution in [0.5, 0.6) is 34.5 Å². The molecule has 28 nitrogen and oxygen atoms in total. The first-order valence-corrected chi connectivity index (χ1v) is 26.3. The first-order chi connectivity index (χ1) is 41.1. The molecule has 0 atom stereocenters. The maximum Gasteiger partial charge on any atom is 0.232 e. The largest absolute Gasteiger partial charge is 0.502 e. The molecule has 2 aromatic carbocycles. The van der Waals surface area contributed by atoms with Crippen LogP contribution in [0.1, 0.15) is 53.1 Å². The van der Waals surface area contributed by atoms with Crippen LogP contribution in [0.2, 0.25) is 0 Å². The van der Waals surface area contributed by atoms with Crippen molar-refractivity contribution in [3.8, 4) is 34.5 Å². The second-order valence-electron chi connectivity index (χ2n) is 16.4. The zero-order valence-corrected chi connectivity index (χ0v) is 47.1. The number of nitrogens with zero attached hydrogens (tertiary/aromatic N) is 4. The molecule has 0 aliphatic carbocycles. The summed E-state index contributed by atoms with van der Waals surface area (Å²) in [4.78, 5) is 92.1. The number of azide groups is 1. The fourth-order valence-electron chi connectivity index (χ4n) is 5.82. The third-order valence-electron chi connectivity index (χ3n) is 10.1. The van der Waals surface area contributed by atoms with Crippen LogP contribution in [0.4, 0.5) is 0 Å². The summed E-state index contributed by atoms with van der Waals surface area (Å²) in [6.45, 7) is 0.822. The molecule has 462 valence electrons. The SMILES string of the molecule is C.NCc1cc(=O)c(O)co1.NCc1cc(=O)c(O)co1.O=C(Cc1ccccc1)N1CCSC1=S.O=C(Cc1ccccc1)NCc1cc(=O)c(O)co1.O=c1cc(CCl)occ1O.O=c1cc(CO)occ1O.[N-]=[N+]=NCc1cc(=O)c(O)co1. The number of hydrogen-bond acceptors (Lipinski definition) is 26. The van der Waals surface area contributed by atoms with Crippen molar-refractivity contribution in [2.45, 2.75) is 58.9 Å². The fourth-order valence-corrected chi connectivity index (χ4v) is 7.20. The summed E-state index contributed by atoms with van der Waals surface area (Å²) < 4.78 is 29.1. The molecule has 0 saturated carbocycles. The van der Waals surface area contributed by atoms with Gasteiger partial charge in [0.25, 0.3) is 0 Å². The van der Waals surface area contributed by atoms with Crippen LogP contribution in [0.3, 0.4) is 0 Å². The molecule has 6 aromatic heterocycles. The van der Waals surface area contributed by atoms with Crippen molar-refractivity contribution >= 4 is 51.7 Å².